The highest BCUT2D eigenvalue weighted by Gasteiger charge is 2.37. The number of carbonyl (C=O) groups is 1. The molecule has 3 N–H and O–H groups in total. The van der Waals surface area contributed by atoms with Gasteiger partial charge in [-0.1, -0.05) is 30.3 Å². The molecule has 0 radical (unpaired) electrons. The van der Waals surface area contributed by atoms with Crippen molar-refractivity contribution in [3.63, 3.8) is 0 Å². The van der Waals surface area contributed by atoms with Gasteiger partial charge in [0.15, 0.2) is 0 Å². The van der Waals surface area contributed by atoms with Crippen LogP contribution in [0, 0.1) is 5.92 Å². The molecule has 0 aromatic heterocycles. The number of benzene rings is 1. The molecule has 2 amide bonds. The van der Waals surface area contributed by atoms with Gasteiger partial charge < -0.3 is 16.0 Å². The van der Waals surface area contributed by atoms with Gasteiger partial charge >= 0.3 is 6.03 Å². The molecule has 25 heavy (non-hydrogen) atoms. The van der Waals surface area contributed by atoms with Crippen LogP contribution < -0.4 is 16.0 Å². The molecule has 1 saturated carbocycles. The molecule has 0 spiro atoms. The molecule has 1 aromatic rings. The van der Waals surface area contributed by atoms with Crippen LogP contribution in [0.25, 0.3) is 0 Å². The van der Waals surface area contributed by atoms with E-state index in [1.165, 1.54) is 18.4 Å². The zero-order valence-corrected chi connectivity index (χ0v) is 15.1. The topological polar surface area (TPSA) is 56.4 Å². The Hall–Kier alpha value is -1.59. The zero-order chi connectivity index (χ0) is 17.2. The third-order valence-electron chi connectivity index (χ3n) is 6.24. The lowest BCUT2D eigenvalue weighted by atomic mass is 9.86. The quantitative estimate of drug-likeness (QED) is 0.785. The van der Waals surface area contributed by atoms with E-state index in [4.69, 9.17) is 0 Å². The van der Waals surface area contributed by atoms with Gasteiger partial charge in [0.1, 0.15) is 0 Å². The van der Waals surface area contributed by atoms with Gasteiger partial charge in [0, 0.05) is 43.8 Å². The molecule has 5 heteroatoms. The van der Waals surface area contributed by atoms with E-state index < -0.39 is 0 Å². The van der Waals surface area contributed by atoms with Gasteiger partial charge in [0.25, 0.3) is 0 Å². The van der Waals surface area contributed by atoms with Crippen LogP contribution in [0.2, 0.25) is 0 Å². The lowest BCUT2D eigenvalue weighted by Gasteiger charge is -2.29. The van der Waals surface area contributed by atoms with E-state index in [9.17, 15) is 4.79 Å². The zero-order valence-electron chi connectivity index (χ0n) is 15.1. The number of fused-ring (bicyclic) bond motifs is 2. The lowest BCUT2D eigenvalue weighted by molar-refractivity contribution is 0.220. The predicted molar refractivity (Wildman–Crippen MR) is 99.3 cm³/mol. The maximum Gasteiger partial charge on any atom is 0.315 e. The average Bonchev–Trinajstić information content (AvgIpc) is 3.15. The SMILES string of the molecule is CC1CC(NC(=O)NC2CCC3CC2CN3)CN1Cc1ccccc1. The number of nitrogens with one attached hydrogen (secondary N) is 3. The molecule has 5 atom stereocenters. The second kappa shape index (κ2) is 7.34. The van der Waals surface area contributed by atoms with Crippen LogP contribution in [0.5, 0.6) is 0 Å². The van der Waals surface area contributed by atoms with Crippen molar-refractivity contribution in [1.82, 2.24) is 20.9 Å². The number of hydrogen-bond donors (Lipinski definition) is 3. The Kier molecular flexibility index (Phi) is 4.95. The van der Waals surface area contributed by atoms with Crippen molar-refractivity contribution in [3.8, 4) is 0 Å². The highest BCUT2D eigenvalue weighted by atomic mass is 16.2. The summed E-state index contributed by atoms with van der Waals surface area (Å²) in [6.07, 6.45) is 4.54. The van der Waals surface area contributed by atoms with Crippen molar-refractivity contribution >= 4 is 6.03 Å². The van der Waals surface area contributed by atoms with Gasteiger partial charge in [0.2, 0.25) is 0 Å². The van der Waals surface area contributed by atoms with Crippen molar-refractivity contribution in [3.05, 3.63) is 35.9 Å². The number of amides is 2. The average molecular weight is 342 g/mol. The van der Waals surface area contributed by atoms with Gasteiger partial charge in [-0.2, -0.15) is 0 Å². The van der Waals surface area contributed by atoms with Crippen LogP contribution in [0.15, 0.2) is 30.3 Å². The highest BCUT2D eigenvalue weighted by molar-refractivity contribution is 5.74. The highest BCUT2D eigenvalue weighted by Crippen LogP contribution is 2.29. The van der Waals surface area contributed by atoms with Gasteiger partial charge in [0.05, 0.1) is 0 Å². The minimum Gasteiger partial charge on any atom is -0.335 e. The van der Waals surface area contributed by atoms with Gasteiger partial charge in [-0.25, -0.2) is 4.79 Å². The molecule has 136 valence electrons. The van der Waals surface area contributed by atoms with Crippen molar-refractivity contribution in [2.24, 2.45) is 5.92 Å². The Labute approximate surface area is 150 Å². The second-order valence-electron chi connectivity index (χ2n) is 8.10. The molecule has 2 bridgehead atoms. The maximum absolute atomic E-state index is 12.5. The van der Waals surface area contributed by atoms with Crippen LogP contribution in [-0.2, 0) is 6.54 Å². The summed E-state index contributed by atoms with van der Waals surface area (Å²) in [5.74, 6) is 0.613. The lowest BCUT2D eigenvalue weighted by Crippen LogP contribution is -2.50. The fourth-order valence-electron chi connectivity index (χ4n) is 4.82. The third kappa shape index (κ3) is 3.98. The number of urea groups is 1. The summed E-state index contributed by atoms with van der Waals surface area (Å²) in [6.45, 7) is 5.20. The fraction of sp³-hybridized carbons (Fsp3) is 0.650. The number of likely N-dealkylation sites (tertiary alicyclic amines) is 1. The molecular weight excluding hydrogens is 312 g/mol. The number of rotatable bonds is 4. The molecule has 1 aliphatic carbocycles. The van der Waals surface area contributed by atoms with E-state index in [2.05, 4.69) is 58.1 Å². The van der Waals surface area contributed by atoms with Crippen LogP contribution in [0.4, 0.5) is 4.79 Å². The Morgan fingerprint density at radius 2 is 2.04 bits per heavy atom. The first kappa shape index (κ1) is 16.9. The van der Waals surface area contributed by atoms with E-state index in [-0.39, 0.29) is 12.1 Å². The number of nitrogens with zero attached hydrogens (tertiary/aromatic N) is 1. The normalized spacial score (nSPS) is 34.8. The summed E-state index contributed by atoms with van der Waals surface area (Å²) in [7, 11) is 0. The summed E-state index contributed by atoms with van der Waals surface area (Å²) < 4.78 is 0. The van der Waals surface area contributed by atoms with E-state index in [1.807, 2.05) is 0 Å². The molecule has 3 aliphatic rings. The standard InChI is InChI=1S/C20H30N4O/c1-14-9-18(13-24(14)12-15-5-3-2-4-6-15)22-20(25)23-19-8-7-17-10-16(19)11-21-17/h2-6,14,16-19,21H,7-13H2,1H3,(H2,22,23,25). The van der Waals surface area contributed by atoms with Crippen molar-refractivity contribution in [2.75, 3.05) is 13.1 Å². The van der Waals surface area contributed by atoms with Crippen LogP contribution in [0.3, 0.4) is 0 Å². The Morgan fingerprint density at radius 3 is 2.88 bits per heavy atom. The number of carbonyl (C=O) groups excluding carboxylic acids is 1. The first-order chi connectivity index (χ1) is 12.2. The molecule has 4 rings (SSSR count). The molecule has 2 saturated heterocycles. The molecule has 5 unspecified atom stereocenters. The van der Waals surface area contributed by atoms with Gasteiger partial charge in [-0.15, -0.1) is 0 Å². The monoisotopic (exact) mass is 342 g/mol. The van der Waals surface area contributed by atoms with Crippen molar-refractivity contribution in [1.29, 1.82) is 0 Å². The minimum atomic E-state index is 0.0223. The molecule has 3 fully saturated rings. The van der Waals surface area contributed by atoms with Gasteiger partial charge in [-0.05, 0) is 44.1 Å². The predicted octanol–water partition coefficient (Wildman–Crippen LogP) is 2.09. The maximum atomic E-state index is 12.5. The molecule has 2 heterocycles. The van der Waals surface area contributed by atoms with E-state index in [0.717, 1.165) is 32.5 Å². The van der Waals surface area contributed by atoms with Crippen molar-refractivity contribution < 1.29 is 4.79 Å². The van der Waals surface area contributed by atoms with Crippen LogP contribution >= 0.6 is 0 Å². The first-order valence-electron chi connectivity index (χ1n) is 9.76. The summed E-state index contributed by atoms with van der Waals surface area (Å²) in [5.41, 5.74) is 1.34. The Morgan fingerprint density at radius 1 is 1.20 bits per heavy atom. The van der Waals surface area contributed by atoms with E-state index in [1.54, 1.807) is 0 Å². The minimum absolute atomic E-state index is 0.0223. The smallest absolute Gasteiger partial charge is 0.315 e. The second-order valence-corrected chi connectivity index (χ2v) is 8.10. The molecule has 5 nitrogen and oxygen atoms in total. The largest absolute Gasteiger partial charge is 0.335 e. The fourth-order valence-corrected chi connectivity index (χ4v) is 4.82. The Balaban J connectivity index is 1.26. The Bertz CT molecular complexity index is 593. The van der Waals surface area contributed by atoms with Crippen LogP contribution in [0.1, 0.15) is 38.2 Å². The van der Waals surface area contributed by atoms with Crippen LogP contribution in [-0.4, -0.2) is 48.2 Å². The summed E-state index contributed by atoms with van der Waals surface area (Å²) in [4.78, 5) is 14.9. The first-order valence-corrected chi connectivity index (χ1v) is 9.76. The summed E-state index contributed by atoms with van der Waals surface area (Å²) in [5, 5.41) is 10.0. The van der Waals surface area contributed by atoms with E-state index in [0.29, 0.717) is 24.0 Å². The van der Waals surface area contributed by atoms with Gasteiger partial charge in [-0.3, -0.25) is 4.90 Å². The third-order valence-corrected chi connectivity index (χ3v) is 6.24. The van der Waals surface area contributed by atoms with Crippen molar-refractivity contribution in [2.45, 2.75) is 63.3 Å². The summed E-state index contributed by atoms with van der Waals surface area (Å²) in [6, 6.07) is 12.4. The molecular formula is C20H30N4O. The molecule has 1 aromatic carbocycles. The molecule has 2 aliphatic heterocycles. The summed E-state index contributed by atoms with van der Waals surface area (Å²) >= 11 is 0. The number of hydrogen-bond acceptors (Lipinski definition) is 3. The van der Waals surface area contributed by atoms with E-state index >= 15 is 0 Å².